The number of hydrogen-bond acceptors (Lipinski definition) is 5. The molecule has 0 saturated heterocycles. The molecule has 0 radical (unpaired) electrons. The minimum absolute atomic E-state index is 0.198. The summed E-state index contributed by atoms with van der Waals surface area (Å²) in [6.45, 7) is 7.18. The van der Waals surface area contributed by atoms with Crippen molar-refractivity contribution in [2.75, 3.05) is 13.7 Å². The van der Waals surface area contributed by atoms with Crippen LogP contribution in [0, 0.1) is 20.8 Å². The van der Waals surface area contributed by atoms with Gasteiger partial charge in [-0.05, 0) is 42.3 Å². The first kappa shape index (κ1) is 16.2. The molecule has 0 aliphatic rings. The summed E-state index contributed by atoms with van der Waals surface area (Å²) in [7, 11) is 1.67. The molecule has 0 fully saturated rings. The molecule has 0 aliphatic heterocycles. The van der Waals surface area contributed by atoms with Gasteiger partial charge in [0.05, 0.1) is 35.6 Å². The van der Waals surface area contributed by atoms with Gasteiger partial charge in [-0.25, -0.2) is 5.43 Å². The van der Waals surface area contributed by atoms with Crippen molar-refractivity contribution >= 4 is 15.9 Å². The Morgan fingerprint density at radius 3 is 2.67 bits per heavy atom. The van der Waals surface area contributed by atoms with Crippen molar-refractivity contribution in [1.29, 1.82) is 0 Å². The van der Waals surface area contributed by atoms with Gasteiger partial charge in [0, 0.05) is 12.7 Å². The number of ether oxygens (including phenoxy) is 1. The minimum Gasteiger partial charge on any atom is -0.466 e. The van der Waals surface area contributed by atoms with E-state index in [2.05, 4.69) is 26.5 Å². The highest BCUT2D eigenvalue weighted by Crippen LogP contribution is 2.34. The van der Waals surface area contributed by atoms with Gasteiger partial charge in [-0.15, -0.1) is 0 Å². The molecule has 3 N–H and O–H groups in total. The Balaban J connectivity index is 2.49. The highest BCUT2D eigenvalue weighted by Gasteiger charge is 2.26. The quantitative estimate of drug-likeness (QED) is 0.613. The summed E-state index contributed by atoms with van der Waals surface area (Å²) in [4.78, 5) is 0. The number of hydrazine groups is 1. The van der Waals surface area contributed by atoms with Crippen LogP contribution in [0.4, 0.5) is 0 Å². The second-order valence-corrected chi connectivity index (χ2v) is 5.80. The number of hydrogen-bond donors (Lipinski definition) is 2. The molecule has 0 spiro atoms. The lowest BCUT2D eigenvalue weighted by Gasteiger charge is -2.19. The number of methoxy groups -OCH3 is 1. The first-order valence-corrected chi connectivity index (χ1v) is 7.53. The first-order chi connectivity index (χ1) is 10.0. The molecule has 116 valence electrons. The fourth-order valence-corrected chi connectivity index (χ4v) is 3.07. The Hall–Kier alpha value is -1.15. The second-order valence-electron chi connectivity index (χ2n) is 4.95. The molecule has 21 heavy (non-hydrogen) atoms. The summed E-state index contributed by atoms with van der Waals surface area (Å²) in [5, 5.41) is 4.38. The fraction of sp³-hybridized carbons (Fsp3) is 0.500. The van der Waals surface area contributed by atoms with Crippen LogP contribution >= 0.6 is 15.9 Å². The van der Waals surface area contributed by atoms with Gasteiger partial charge in [-0.2, -0.15) is 5.10 Å². The maximum absolute atomic E-state index is 5.82. The van der Waals surface area contributed by atoms with Crippen molar-refractivity contribution in [3.63, 3.8) is 0 Å². The molecule has 2 heterocycles. The molecule has 6 nitrogen and oxygen atoms in total. The Labute approximate surface area is 132 Å². The molecule has 7 heteroatoms. The van der Waals surface area contributed by atoms with Crippen molar-refractivity contribution in [3.8, 4) is 0 Å². The lowest BCUT2D eigenvalue weighted by Crippen LogP contribution is -2.32. The second kappa shape index (κ2) is 6.74. The average molecular weight is 357 g/mol. The number of rotatable bonds is 6. The van der Waals surface area contributed by atoms with Gasteiger partial charge >= 0.3 is 0 Å². The third-order valence-electron chi connectivity index (χ3n) is 3.69. The molecular weight excluding hydrogens is 336 g/mol. The summed E-state index contributed by atoms with van der Waals surface area (Å²) in [5.41, 5.74) is 5.99. The third-order valence-corrected chi connectivity index (χ3v) is 4.30. The standard InChI is InChI=1S/C14H21BrN4O2/c1-8-9(2)21-10(3)12(8)13(18-16)14-11(15)7-17-19(14)5-6-20-4/h7,13,18H,5-6,16H2,1-4H3. The maximum Gasteiger partial charge on any atom is 0.106 e. The number of aromatic nitrogens is 2. The summed E-state index contributed by atoms with van der Waals surface area (Å²) in [6.07, 6.45) is 1.77. The number of aryl methyl sites for hydroxylation is 2. The van der Waals surface area contributed by atoms with Crippen LogP contribution in [0.5, 0.6) is 0 Å². The summed E-state index contributed by atoms with van der Waals surface area (Å²) in [6, 6.07) is -0.198. The largest absolute Gasteiger partial charge is 0.466 e. The van der Waals surface area contributed by atoms with Crippen molar-refractivity contribution in [2.24, 2.45) is 5.84 Å². The number of halogens is 1. The van der Waals surface area contributed by atoms with Gasteiger partial charge in [0.2, 0.25) is 0 Å². The lowest BCUT2D eigenvalue weighted by molar-refractivity contribution is 0.182. The van der Waals surface area contributed by atoms with E-state index >= 15 is 0 Å². The van der Waals surface area contributed by atoms with E-state index < -0.39 is 0 Å². The highest BCUT2D eigenvalue weighted by atomic mass is 79.9. The Morgan fingerprint density at radius 1 is 1.43 bits per heavy atom. The van der Waals surface area contributed by atoms with E-state index in [-0.39, 0.29) is 6.04 Å². The van der Waals surface area contributed by atoms with Crippen molar-refractivity contribution in [2.45, 2.75) is 33.4 Å². The SMILES string of the molecule is COCCn1ncc(Br)c1C(NN)c1c(C)oc(C)c1C. The van der Waals surface area contributed by atoms with Crippen molar-refractivity contribution < 1.29 is 9.15 Å². The van der Waals surface area contributed by atoms with E-state index in [9.17, 15) is 0 Å². The van der Waals surface area contributed by atoms with Crippen LogP contribution < -0.4 is 11.3 Å². The topological polar surface area (TPSA) is 78.2 Å². The van der Waals surface area contributed by atoms with E-state index in [0.717, 1.165) is 32.8 Å². The normalized spacial score (nSPS) is 12.9. The third kappa shape index (κ3) is 3.06. The number of furan rings is 1. The molecule has 1 atom stereocenters. The molecule has 0 bridgehead atoms. The molecular formula is C14H21BrN4O2. The Kier molecular flexibility index (Phi) is 5.21. The molecule has 0 aromatic carbocycles. The van der Waals surface area contributed by atoms with Crippen LogP contribution in [0.3, 0.4) is 0 Å². The summed E-state index contributed by atoms with van der Waals surface area (Å²) >= 11 is 3.55. The molecule has 2 rings (SSSR count). The zero-order chi connectivity index (χ0) is 15.6. The predicted octanol–water partition coefficient (Wildman–Crippen LogP) is 2.36. The molecule has 0 amide bonds. The number of nitrogens with one attached hydrogen (secondary N) is 1. The first-order valence-electron chi connectivity index (χ1n) is 6.74. The highest BCUT2D eigenvalue weighted by molar-refractivity contribution is 9.10. The van der Waals surface area contributed by atoms with Gasteiger partial charge in [-0.1, -0.05) is 0 Å². The predicted molar refractivity (Wildman–Crippen MR) is 83.9 cm³/mol. The van der Waals surface area contributed by atoms with Crippen LogP contribution in [0.2, 0.25) is 0 Å². The molecule has 2 aromatic rings. The smallest absolute Gasteiger partial charge is 0.106 e. The molecule has 0 aliphatic carbocycles. The average Bonchev–Trinajstić information content (AvgIpc) is 2.93. The molecule has 0 saturated carbocycles. The van der Waals surface area contributed by atoms with E-state index in [4.69, 9.17) is 15.0 Å². The summed E-state index contributed by atoms with van der Waals surface area (Å²) < 4.78 is 13.6. The van der Waals surface area contributed by atoms with Gasteiger partial charge in [0.1, 0.15) is 11.5 Å². The molecule has 2 aromatic heterocycles. The number of nitrogens with zero attached hydrogens (tertiary/aromatic N) is 2. The lowest BCUT2D eigenvalue weighted by atomic mass is 10.00. The zero-order valence-electron chi connectivity index (χ0n) is 12.7. The maximum atomic E-state index is 5.82. The van der Waals surface area contributed by atoms with Gasteiger partial charge in [-0.3, -0.25) is 10.5 Å². The van der Waals surface area contributed by atoms with Crippen molar-refractivity contribution in [3.05, 3.63) is 39.0 Å². The Morgan fingerprint density at radius 2 is 2.14 bits per heavy atom. The van der Waals surface area contributed by atoms with E-state index in [1.165, 1.54) is 0 Å². The van der Waals surface area contributed by atoms with E-state index in [1.54, 1.807) is 13.3 Å². The Bertz CT molecular complexity index is 621. The van der Waals surface area contributed by atoms with E-state index in [1.807, 2.05) is 25.5 Å². The van der Waals surface area contributed by atoms with Gasteiger partial charge in [0.15, 0.2) is 0 Å². The van der Waals surface area contributed by atoms with Crippen LogP contribution in [-0.4, -0.2) is 23.5 Å². The van der Waals surface area contributed by atoms with E-state index in [0.29, 0.717) is 13.2 Å². The zero-order valence-corrected chi connectivity index (χ0v) is 14.3. The summed E-state index contributed by atoms with van der Waals surface area (Å²) in [5.74, 6) is 7.59. The number of nitrogens with two attached hydrogens (primary N) is 1. The monoisotopic (exact) mass is 356 g/mol. The van der Waals surface area contributed by atoms with Crippen LogP contribution in [0.15, 0.2) is 15.1 Å². The fourth-order valence-electron chi connectivity index (χ4n) is 2.55. The van der Waals surface area contributed by atoms with Crippen LogP contribution in [-0.2, 0) is 11.3 Å². The minimum atomic E-state index is -0.198. The van der Waals surface area contributed by atoms with Gasteiger partial charge in [0.25, 0.3) is 0 Å². The van der Waals surface area contributed by atoms with Crippen molar-refractivity contribution in [1.82, 2.24) is 15.2 Å². The molecule has 1 unspecified atom stereocenters. The van der Waals surface area contributed by atoms with Crippen LogP contribution in [0.1, 0.15) is 34.4 Å². The van der Waals surface area contributed by atoms with Crippen LogP contribution in [0.25, 0.3) is 0 Å². The van der Waals surface area contributed by atoms with Gasteiger partial charge < -0.3 is 9.15 Å².